The maximum atomic E-state index is 12.3. The first kappa shape index (κ1) is 20.9. The molecule has 0 bridgehead atoms. The van der Waals surface area contributed by atoms with Crippen molar-refractivity contribution in [1.82, 2.24) is 9.80 Å². The van der Waals surface area contributed by atoms with Crippen LogP contribution in [0.2, 0.25) is 0 Å². The Morgan fingerprint density at radius 1 is 1.23 bits per heavy atom. The third kappa shape index (κ3) is 6.77. The number of likely N-dealkylation sites (N-methyl/N-ethyl adjacent to an activating group) is 2. The van der Waals surface area contributed by atoms with Gasteiger partial charge < -0.3 is 10.6 Å². The summed E-state index contributed by atoms with van der Waals surface area (Å²) in [7, 11) is 3.83. The molecule has 0 heterocycles. The molecule has 1 aromatic carbocycles. The number of halogens is 1. The lowest BCUT2D eigenvalue weighted by Crippen LogP contribution is -2.42. The fraction of sp³-hybridized carbons (Fsp3) is 0.588. The third-order valence-corrected chi connectivity index (χ3v) is 3.75. The van der Waals surface area contributed by atoms with Crippen LogP contribution in [0, 0.1) is 12.3 Å². The second kappa shape index (κ2) is 9.13. The van der Waals surface area contributed by atoms with E-state index in [4.69, 9.17) is 5.73 Å². The molecule has 0 aliphatic heterocycles. The van der Waals surface area contributed by atoms with Crippen LogP contribution in [-0.4, -0.2) is 49.4 Å². The molecule has 0 aliphatic rings. The lowest BCUT2D eigenvalue weighted by Gasteiger charge is -2.29. The number of nitrogens with two attached hydrogens (primary N) is 1. The molecule has 1 amide bonds. The van der Waals surface area contributed by atoms with Crippen LogP contribution < -0.4 is 5.73 Å². The number of rotatable bonds is 7. The number of carbonyl (C=O) groups excluding carboxylic acids is 1. The molecule has 0 saturated heterocycles. The normalized spacial score (nSPS) is 11.2. The van der Waals surface area contributed by atoms with Gasteiger partial charge in [0.15, 0.2) is 0 Å². The highest BCUT2D eigenvalue weighted by atomic mass is 35.5. The molecule has 126 valence electrons. The average molecular weight is 328 g/mol. The molecule has 0 fully saturated rings. The summed E-state index contributed by atoms with van der Waals surface area (Å²) in [6.45, 7) is 8.81. The minimum Gasteiger partial charge on any atom is -0.340 e. The monoisotopic (exact) mass is 327 g/mol. The minimum atomic E-state index is 0. The number of benzene rings is 1. The zero-order valence-electron chi connectivity index (χ0n) is 14.4. The average Bonchev–Trinajstić information content (AvgIpc) is 2.40. The van der Waals surface area contributed by atoms with Gasteiger partial charge in [-0.2, -0.15) is 0 Å². The van der Waals surface area contributed by atoms with Gasteiger partial charge in [0.05, 0.1) is 6.54 Å². The summed E-state index contributed by atoms with van der Waals surface area (Å²) in [5.74, 6) is 0.133. The number of nitrogens with zero attached hydrogens (tertiary/aromatic N) is 2. The lowest BCUT2D eigenvalue weighted by molar-refractivity contribution is -0.131. The standard InChI is InChI=1S/C17H29N3O.ClH/c1-14-8-6-7-9-15(14)10-20(5)16(21)11-19(4)13-17(2,3)12-18;/h6-9H,10-13,18H2,1-5H3;1H. The summed E-state index contributed by atoms with van der Waals surface area (Å²) in [5, 5.41) is 0. The van der Waals surface area contributed by atoms with Crippen LogP contribution in [-0.2, 0) is 11.3 Å². The predicted octanol–water partition coefficient (Wildman–Crippen LogP) is 2.29. The summed E-state index contributed by atoms with van der Waals surface area (Å²) in [6, 6.07) is 8.17. The molecular weight excluding hydrogens is 298 g/mol. The summed E-state index contributed by atoms with van der Waals surface area (Å²) >= 11 is 0. The second-order valence-electron chi connectivity index (χ2n) is 6.72. The van der Waals surface area contributed by atoms with Crippen LogP contribution in [0.25, 0.3) is 0 Å². The first-order valence-electron chi connectivity index (χ1n) is 7.42. The van der Waals surface area contributed by atoms with Crippen molar-refractivity contribution in [2.45, 2.75) is 27.3 Å². The zero-order chi connectivity index (χ0) is 16.0. The van der Waals surface area contributed by atoms with Gasteiger partial charge in [0.2, 0.25) is 5.91 Å². The number of carbonyl (C=O) groups is 1. The molecular formula is C17H30ClN3O. The van der Waals surface area contributed by atoms with Crippen molar-refractivity contribution in [3.05, 3.63) is 35.4 Å². The van der Waals surface area contributed by atoms with E-state index in [9.17, 15) is 4.79 Å². The van der Waals surface area contributed by atoms with E-state index in [-0.39, 0.29) is 23.7 Å². The van der Waals surface area contributed by atoms with Gasteiger partial charge in [-0.1, -0.05) is 38.1 Å². The van der Waals surface area contributed by atoms with Crippen molar-refractivity contribution in [3.8, 4) is 0 Å². The Balaban J connectivity index is 0.00000441. The molecule has 0 unspecified atom stereocenters. The lowest BCUT2D eigenvalue weighted by atomic mass is 9.93. The fourth-order valence-corrected chi connectivity index (χ4v) is 2.33. The van der Waals surface area contributed by atoms with Crippen LogP contribution in [0.15, 0.2) is 24.3 Å². The third-order valence-electron chi connectivity index (χ3n) is 3.75. The van der Waals surface area contributed by atoms with Gasteiger partial charge in [0, 0.05) is 20.1 Å². The highest BCUT2D eigenvalue weighted by Gasteiger charge is 2.20. The number of hydrogen-bond acceptors (Lipinski definition) is 3. The maximum Gasteiger partial charge on any atom is 0.236 e. The van der Waals surface area contributed by atoms with Crippen molar-refractivity contribution >= 4 is 18.3 Å². The topological polar surface area (TPSA) is 49.6 Å². The molecule has 0 aromatic heterocycles. The molecule has 0 atom stereocenters. The van der Waals surface area contributed by atoms with Crippen LogP contribution in [0.4, 0.5) is 0 Å². The van der Waals surface area contributed by atoms with Gasteiger partial charge >= 0.3 is 0 Å². The van der Waals surface area contributed by atoms with Crippen molar-refractivity contribution in [3.63, 3.8) is 0 Å². The van der Waals surface area contributed by atoms with E-state index < -0.39 is 0 Å². The second-order valence-corrected chi connectivity index (χ2v) is 6.72. The Kier molecular flexibility index (Phi) is 8.68. The van der Waals surface area contributed by atoms with E-state index in [2.05, 4.69) is 32.9 Å². The van der Waals surface area contributed by atoms with Crippen molar-refractivity contribution in [2.75, 3.05) is 33.7 Å². The smallest absolute Gasteiger partial charge is 0.236 e. The van der Waals surface area contributed by atoms with Gasteiger partial charge in [0.25, 0.3) is 0 Å². The molecule has 4 nitrogen and oxygen atoms in total. The van der Waals surface area contributed by atoms with E-state index in [1.54, 1.807) is 4.90 Å². The molecule has 1 aromatic rings. The number of aryl methyl sites for hydroxylation is 1. The quantitative estimate of drug-likeness (QED) is 0.836. The van der Waals surface area contributed by atoms with E-state index in [1.807, 2.05) is 31.1 Å². The molecule has 0 spiro atoms. The molecule has 0 aliphatic carbocycles. The zero-order valence-corrected chi connectivity index (χ0v) is 15.2. The van der Waals surface area contributed by atoms with Crippen molar-refractivity contribution in [1.29, 1.82) is 0 Å². The van der Waals surface area contributed by atoms with Crippen molar-refractivity contribution in [2.24, 2.45) is 11.1 Å². The van der Waals surface area contributed by atoms with E-state index in [0.717, 1.165) is 6.54 Å². The Bertz CT molecular complexity index is 477. The largest absolute Gasteiger partial charge is 0.340 e. The van der Waals surface area contributed by atoms with E-state index in [1.165, 1.54) is 11.1 Å². The Labute approximate surface area is 141 Å². The van der Waals surface area contributed by atoms with Gasteiger partial charge in [-0.3, -0.25) is 9.69 Å². The Hall–Kier alpha value is -1.10. The Morgan fingerprint density at radius 2 is 1.82 bits per heavy atom. The molecule has 0 saturated carbocycles. The maximum absolute atomic E-state index is 12.3. The van der Waals surface area contributed by atoms with Gasteiger partial charge in [-0.05, 0) is 37.1 Å². The predicted molar refractivity (Wildman–Crippen MR) is 95.2 cm³/mol. The first-order chi connectivity index (χ1) is 9.75. The highest BCUT2D eigenvalue weighted by molar-refractivity contribution is 5.85. The summed E-state index contributed by atoms with van der Waals surface area (Å²) in [4.78, 5) is 16.1. The first-order valence-corrected chi connectivity index (χ1v) is 7.42. The molecule has 5 heteroatoms. The van der Waals surface area contributed by atoms with Crippen LogP contribution in [0.3, 0.4) is 0 Å². The molecule has 2 N–H and O–H groups in total. The highest BCUT2D eigenvalue weighted by Crippen LogP contribution is 2.14. The van der Waals surface area contributed by atoms with Gasteiger partial charge in [-0.15, -0.1) is 12.4 Å². The van der Waals surface area contributed by atoms with E-state index >= 15 is 0 Å². The molecule has 1 rings (SSSR count). The Morgan fingerprint density at radius 3 is 2.36 bits per heavy atom. The molecule has 0 radical (unpaired) electrons. The molecule has 22 heavy (non-hydrogen) atoms. The van der Waals surface area contributed by atoms with Crippen molar-refractivity contribution < 1.29 is 4.79 Å². The SMILES string of the molecule is Cc1ccccc1CN(C)C(=O)CN(C)CC(C)(C)CN.Cl. The number of hydrogen-bond donors (Lipinski definition) is 1. The van der Waals surface area contributed by atoms with Crippen LogP contribution in [0.1, 0.15) is 25.0 Å². The van der Waals surface area contributed by atoms with E-state index in [0.29, 0.717) is 19.6 Å². The summed E-state index contributed by atoms with van der Waals surface area (Å²) in [6.07, 6.45) is 0. The summed E-state index contributed by atoms with van der Waals surface area (Å²) < 4.78 is 0. The minimum absolute atomic E-state index is 0. The van der Waals surface area contributed by atoms with Crippen LogP contribution in [0.5, 0.6) is 0 Å². The van der Waals surface area contributed by atoms with Gasteiger partial charge in [-0.25, -0.2) is 0 Å². The number of amides is 1. The van der Waals surface area contributed by atoms with Crippen LogP contribution >= 0.6 is 12.4 Å². The fourth-order valence-electron chi connectivity index (χ4n) is 2.33. The summed E-state index contributed by atoms with van der Waals surface area (Å²) in [5.41, 5.74) is 8.18. The van der Waals surface area contributed by atoms with Gasteiger partial charge in [0.1, 0.15) is 0 Å².